The fraction of sp³-hybridized carbons (Fsp3) is 0.500. The Bertz CT molecular complexity index is 91.7. The van der Waals surface area contributed by atoms with Crippen LogP contribution >= 0.6 is 11.6 Å². The lowest BCUT2D eigenvalue weighted by Gasteiger charge is -2.11. The Balaban J connectivity index is 2.45. The molecule has 0 radical (unpaired) electrons. The predicted molar refractivity (Wildman–Crippen MR) is 29.7 cm³/mol. The molecular weight excluding hydrogens is 112 g/mol. The van der Waals surface area contributed by atoms with E-state index in [2.05, 4.69) is 5.43 Å². The van der Waals surface area contributed by atoms with Crippen molar-refractivity contribution >= 4 is 11.6 Å². The summed E-state index contributed by atoms with van der Waals surface area (Å²) < 4.78 is 0. The van der Waals surface area contributed by atoms with Crippen LogP contribution in [0.5, 0.6) is 0 Å². The van der Waals surface area contributed by atoms with Crippen LogP contribution in [-0.4, -0.2) is 17.6 Å². The SMILES string of the molecule is CN1NC=CC1Cl. The number of likely N-dealkylation sites (N-methyl/N-ethyl adjacent to an activating group) is 1. The van der Waals surface area contributed by atoms with E-state index >= 15 is 0 Å². The first-order valence-electron chi connectivity index (χ1n) is 2.10. The van der Waals surface area contributed by atoms with E-state index in [1.165, 1.54) is 0 Å². The van der Waals surface area contributed by atoms with E-state index in [-0.39, 0.29) is 5.50 Å². The minimum atomic E-state index is 0.0278. The van der Waals surface area contributed by atoms with E-state index in [1.54, 1.807) is 0 Å². The summed E-state index contributed by atoms with van der Waals surface area (Å²) in [6.07, 6.45) is 3.69. The van der Waals surface area contributed by atoms with E-state index in [9.17, 15) is 0 Å². The van der Waals surface area contributed by atoms with Crippen LogP contribution in [0.1, 0.15) is 0 Å². The fourth-order valence-electron chi connectivity index (χ4n) is 0.440. The molecule has 1 unspecified atom stereocenters. The Morgan fingerprint density at radius 3 is 2.71 bits per heavy atom. The molecule has 40 valence electrons. The van der Waals surface area contributed by atoms with Crippen molar-refractivity contribution in [2.75, 3.05) is 7.05 Å². The number of hydrogen-bond donors (Lipinski definition) is 1. The van der Waals surface area contributed by atoms with Crippen LogP contribution in [-0.2, 0) is 0 Å². The van der Waals surface area contributed by atoms with Crippen molar-refractivity contribution in [3.63, 3.8) is 0 Å². The van der Waals surface area contributed by atoms with Crippen LogP contribution < -0.4 is 5.43 Å². The zero-order valence-corrected chi connectivity index (χ0v) is 4.81. The van der Waals surface area contributed by atoms with E-state index in [1.807, 2.05) is 24.3 Å². The number of alkyl halides is 1. The highest BCUT2D eigenvalue weighted by Gasteiger charge is 2.09. The van der Waals surface area contributed by atoms with Gasteiger partial charge in [-0.25, -0.2) is 5.01 Å². The summed E-state index contributed by atoms with van der Waals surface area (Å²) in [5.74, 6) is 0. The van der Waals surface area contributed by atoms with Crippen LogP contribution in [0, 0.1) is 0 Å². The highest BCUT2D eigenvalue weighted by atomic mass is 35.5. The number of nitrogens with zero attached hydrogens (tertiary/aromatic N) is 1. The lowest BCUT2D eigenvalue weighted by atomic mass is 10.6. The van der Waals surface area contributed by atoms with Crippen molar-refractivity contribution in [1.29, 1.82) is 0 Å². The standard InChI is InChI=1S/C4H7ClN2/c1-7-4(5)2-3-6-7/h2-4,6H,1H3. The summed E-state index contributed by atoms with van der Waals surface area (Å²) in [5, 5.41) is 1.81. The lowest BCUT2D eigenvalue weighted by molar-refractivity contribution is 0.307. The number of rotatable bonds is 0. The third-order valence-electron chi connectivity index (χ3n) is 0.903. The van der Waals surface area contributed by atoms with Gasteiger partial charge in [0.15, 0.2) is 0 Å². The van der Waals surface area contributed by atoms with E-state index in [0.29, 0.717) is 0 Å². The summed E-state index contributed by atoms with van der Waals surface area (Å²) >= 11 is 5.64. The molecular formula is C4H7ClN2. The Hall–Kier alpha value is -0.210. The van der Waals surface area contributed by atoms with Gasteiger partial charge in [0.1, 0.15) is 5.50 Å². The molecule has 0 spiro atoms. The molecule has 0 aromatic heterocycles. The second-order valence-corrected chi connectivity index (χ2v) is 1.92. The molecule has 0 aromatic carbocycles. The van der Waals surface area contributed by atoms with Gasteiger partial charge in [-0.05, 0) is 6.08 Å². The van der Waals surface area contributed by atoms with Gasteiger partial charge >= 0.3 is 0 Å². The third-order valence-corrected chi connectivity index (χ3v) is 1.34. The molecule has 1 aliphatic rings. The van der Waals surface area contributed by atoms with Gasteiger partial charge in [0.05, 0.1) is 0 Å². The van der Waals surface area contributed by atoms with Gasteiger partial charge in [-0.1, -0.05) is 11.6 Å². The molecule has 0 aromatic rings. The molecule has 7 heavy (non-hydrogen) atoms. The number of halogens is 1. The van der Waals surface area contributed by atoms with Gasteiger partial charge in [-0.2, -0.15) is 0 Å². The molecule has 1 aliphatic heterocycles. The predicted octanol–water partition coefficient (Wildman–Crippen LogP) is 0.515. The van der Waals surface area contributed by atoms with Crippen LogP contribution in [0.3, 0.4) is 0 Å². The van der Waals surface area contributed by atoms with Crippen molar-refractivity contribution in [3.05, 3.63) is 12.3 Å². The van der Waals surface area contributed by atoms with Crippen molar-refractivity contribution in [1.82, 2.24) is 10.4 Å². The zero-order valence-electron chi connectivity index (χ0n) is 4.06. The monoisotopic (exact) mass is 118 g/mol. The van der Waals surface area contributed by atoms with Gasteiger partial charge in [0.2, 0.25) is 0 Å². The summed E-state index contributed by atoms with van der Waals surface area (Å²) in [4.78, 5) is 0. The molecule has 0 saturated heterocycles. The Morgan fingerprint density at radius 2 is 2.57 bits per heavy atom. The molecule has 0 aliphatic carbocycles. The summed E-state index contributed by atoms with van der Waals surface area (Å²) in [6, 6.07) is 0. The molecule has 0 fully saturated rings. The van der Waals surface area contributed by atoms with Crippen molar-refractivity contribution in [3.8, 4) is 0 Å². The maximum atomic E-state index is 5.64. The van der Waals surface area contributed by atoms with E-state index in [0.717, 1.165) is 0 Å². The molecule has 2 nitrogen and oxygen atoms in total. The Morgan fingerprint density at radius 1 is 1.86 bits per heavy atom. The highest BCUT2D eigenvalue weighted by Crippen LogP contribution is 2.04. The number of nitrogens with one attached hydrogen (secondary N) is 1. The van der Waals surface area contributed by atoms with E-state index in [4.69, 9.17) is 11.6 Å². The van der Waals surface area contributed by atoms with Crippen LogP contribution in [0.2, 0.25) is 0 Å². The summed E-state index contributed by atoms with van der Waals surface area (Å²) in [7, 11) is 1.89. The van der Waals surface area contributed by atoms with Gasteiger partial charge < -0.3 is 5.43 Å². The van der Waals surface area contributed by atoms with Crippen LogP contribution in [0.25, 0.3) is 0 Å². The van der Waals surface area contributed by atoms with Crippen molar-refractivity contribution in [2.45, 2.75) is 5.50 Å². The first-order chi connectivity index (χ1) is 3.30. The molecule has 0 bridgehead atoms. The maximum Gasteiger partial charge on any atom is 0.122 e. The largest absolute Gasteiger partial charge is 0.325 e. The molecule has 1 atom stereocenters. The first-order valence-corrected chi connectivity index (χ1v) is 2.54. The minimum absolute atomic E-state index is 0.0278. The number of hydrogen-bond acceptors (Lipinski definition) is 2. The Kier molecular flexibility index (Phi) is 1.21. The molecule has 1 rings (SSSR count). The van der Waals surface area contributed by atoms with Crippen LogP contribution in [0.4, 0.5) is 0 Å². The van der Waals surface area contributed by atoms with Gasteiger partial charge in [0.25, 0.3) is 0 Å². The molecule has 1 heterocycles. The zero-order chi connectivity index (χ0) is 5.28. The second kappa shape index (κ2) is 1.72. The van der Waals surface area contributed by atoms with Crippen molar-refractivity contribution in [2.24, 2.45) is 0 Å². The van der Waals surface area contributed by atoms with Gasteiger partial charge in [-0.15, -0.1) is 0 Å². The average molecular weight is 119 g/mol. The smallest absolute Gasteiger partial charge is 0.122 e. The molecule has 0 saturated carbocycles. The fourth-order valence-corrected chi connectivity index (χ4v) is 0.569. The normalized spacial score (nSPS) is 30.9. The van der Waals surface area contributed by atoms with Gasteiger partial charge in [-0.3, -0.25) is 0 Å². The molecule has 3 heteroatoms. The second-order valence-electron chi connectivity index (χ2n) is 1.47. The average Bonchev–Trinajstić information content (AvgIpc) is 1.91. The first kappa shape index (κ1) is 4.94. The number of hydrazine groups is 1. The molecule has 0 amide bonds. The minimum Gasteiger partial charge on any atom is -0.325 e. The summed E-state index contributed by atoms with van der Waals surface area (Å²) in [6.45, 7) is 0. The maximum absolute atomic E-state index is 5.64. The van der Waals surface area contributed by atoms with E-state index < -0.39 is 0 Å². The van der Waals surface area contributed by atoms with Crippen LogP contribution in [0.15, 0.2) is 12.3 Å². The third kappa shape index (κ3) is 0.868. The summed E-state index contributed by atoms with van der Waals surface area (Å²) in [5.41, 5.74) is 2.92. The Labute approximate surface area is 47.7 Å². The topological polar surface area (TPSA) is 15.3 Å². The quantitative estimate of drug-likeness (QED) is 0.369. The van der Waals surface area contributed by atoms with Gasteiger partial charge in [0, 0.05) is 13.2 Å². The molecule has 1 N–H and O–H groups in total. The lowest BCUT2D eigenvalue weighted by Crippen LogP contribution is -2.29. The highest BCUT2D eigenvalue weighted by molar-refractivity contribution is 6.21. The van der Waals surface area contributed by atoms with Crippen molar-refractivity contribution < 1.29 is 0 Å².